The normalized spacial score (nSPS) is 10.7. The molecule has 0 aliphatic heterocycles. The summed E-state index contributed by atoms with van der Waals surface area (Å²) in [5.74, 6) is -1.57. The molecule has 1 aromatic carbocycles. The van der Waals surface area contributed by atoms with Gasteiger partial charge < -0.3 is 4.74 Å². The molecule has 0 fully saturated rings. The van der Waals surface area contributed by atoms with Gasteiger partial charge in [0.2, 0.25) is 0 Å². The largest absolute Gasteiger partial charge is 0.463 e. The first-order valence-electron chi connectivity index (χ1n) is 4.71. The zero-order valence-electron chi connectivity index (χ0n) is 8.97. The Labute approximate surface area is 94.0 Å². The van der Waals surface area contributed by atoms with E-state index in [2.05, 4.69) is 11.3 Å². The Morgan fingerprint density at radius 1 is 1.25 bits per heavy atom. The Bertz CT molecular complexity index is 430. The van der Waals surface area contributed by atoms with Crippen molar-refractivity contribution < 1.29 is 14.3 Å². The van der Waals surface area contributed by atoms with Crippen LogP contribution >= 0.6 is 0 Å². The van der Waals surface area contributed by atoms with E-state index < -0.39 is 11.8 Å². The van der Waals surface area contributed by atoms with Crippen LogP contribution in [0.25, 0.3) is 5.57 Å². The fraction of sp³-hybridized carbons (Fsp3) is 0.0769. The third-order valence-corrected chi connectivity index (χ3v) is 2.00. The first-order valence-corrected chi connectivity index (χ1v) is 4.71. The second kappa shape index (κ2) is 5.66. The number of methoxy groups -OCH3 is 1. The lowest BCUT2D eigenvalue weighted by Crippen LogP contribution is -2.12. The van der Waals surface area contributed by atoms with Crippen molar-refractivity contribution in [1.29, 1.82) is 0 Å². The molecule has 0 aromatic heterocycles. The van der Waals surface area contributed by atoms with Crippen LogP contribution in [0.5, 0.6) is 0 Å². The number of hydrogen-bond acceptors (Lipinski definition) is 3. The lowest BCUT2D eigenvalue weighted by Gasteiger charge is -2.01. The van der Waals surface area contributed by atoms with E-state index in [4.69, 9.17) is 0 Å². The Morgan fingerprint density at radius 3 is 2.38 bits per heavy atom. The van der Waals surface area contributed by atoms with Crippen LogP contribution in [0, 0.1) is 0 Å². The van der Waals surface area contributed by atoms with Gasteiger partial charge in [-0.15, -0.1) is 0 Å². The van der Waals surface area contributed by atoms with Crippen LogP contribution in [0.1, 0.15) is 5.56 Å². The minimum Gasteiger partial charge on any atom is -0.463 e. The Balaban J connectivity index is 3.00. The molecule has 82 valence electrons. The Hall–Kier alpha value is -2.16. The molecular formula is C13H12O3. The highest BCUT2D eigenvalue weighted by molar-refractivity contribution is 6.39. The van der Waals surface area contributed by atoms with Crippen molar-refractivity contribution in [3.05, 3.63) is 54.6 Å². The van der Waals surface area contributed by atoms with E-state index in [0.29, 0.717) is 5.57 Å². The molecule has 1 rings (SSSR count). The van der Waals surface area contributed by atoms with Gasteiger partial charge in [-0.2, -0.15) is 0 Å². The number of rotatable bonds is 4. The Morgan fingerprint density at radius 2 is 1.88 bits per heavy atom. The molecule has 3 heteroatoms. The third kappa shape index (κ3) is 2.92. The quantitative estimate of drug-likeness (QED) is 0.334. The van der Waals surface area contributed by atoms with Crippen molar-refractivity contribution >= 4 is 17.3 Å². The molecule has 0 atom stereocenters. The molecule has 0 radical (unpaired) electrons. The molecule has 0 heterocycles. The predicted molar refractivity (Wildman–Crippen MR) is 61.6 cm³/mol. The second-order valence-electron chi connectivity index (χ2n) is 3.03. The standard InChI is InChI=1S/C13H12O3/c1-3-10(9-12(14)13(15)16-2)11-7-5-4-6-8-11/h3-9H,1H2,2H3/b10-9+. The number of allylic oxidation sites excluding steroid dienone is 2. The van der Waals surface area contributed by atoms with E-state index >= 15 is 0 Å². The van der Waals surface area contributed by atoms with E-state index in [1.165, 1.54) is 19.3 Å². The van der Waals surface area contributed by atoms with E-state index in [1.54, 1.807) is 0 Å². The molecule has 0 spiro atoms. The lowest BCUT2D eigenvalue weighted by atomic mass is 10.0. The molecule has 0 saturated heterocycles. The van der Waals surface area contributed by atoms with Crippen LogP contribution in [0.3, 0.4) is 0 Å². The topological polar surface area (TPSA) is 43.4 Å². The third-order valence-electron chi connectivity index (χ3n) is 2.00. The smallest absolute Gasteiger partial charge is 0.378 e. The lowest BCUT2D eigenvalue weighted by molar-refractivity contribution is -0.149. The van der Waals surface area contributed by atoms with Crippen LogP contribution < -0.4 is 0 Å². The molecule has 0 amide bonds. The van der Waals surface area contributed by atoms with Crippen molar-refractivity contribution in [2.75, 3.05) is 7.11 Å². The number of hydrogen-bond donors (Lipinski definition) is 0. The molecule has 0 unspecified atom stereocenters. The number of ketones is 1. The molecular weight excluding hydrogens is 204 g/mol. The summed E-state index contributed by atoms with van der Waals surface area (Å²) in [5, 5.41) is 0. The summed E-state index contributed by atoms with van der Waals surface area (Å²) >= 11 is 0. The fourth-order valence-corrected chi connectivity index (χ4v) is 1.19. The van der Waals surface area contributed by atoms with Crippen molar-refractivity contribution in [3.8, 4) is 0 Å². The van der Waals surface area contributed by atoms with E-state index in [1.807, 2.05) is 30.3 Å². The molecule has 0 N–H and O–H groups in total. The average Bonchev–Trinajstić information content (AvgIpc) is 2.35. The molecule has 0 aliphatic rings. The van der Waals surface area contributed by atoms with Gasteiger partial charge in [0.05, 0.1) is 7.11 Å². The summed E-state index contributed by atoms with van der Waals surface area (Å²) in [4.78, 5) is 22.3. The second-order valence-corrected chi connectivity index (χ2v) is 3.03. The van der Waals surface area contributed by atoms with Gasteiger partial charge in [0.15, 0.2) is 0 Å². The molecule has 1 aromatic rings. The fourth-order valence-electron chi connectivity index (χ4n) is 1.19. The van der Waals surface area contributed by atoms with Crippen LogP contribution in [0.4, 0.5) is 0 Å². The monoisotopic (exact) mass is 216 g/mol. The number of ether oxygens (including phenoxy) is 1. The van der Waals surface area contributed by atoms with E-state index in [9.17, 15) is 9.59 Å². The maximum atomic E-state index is 11.3. The number of carbonyl (C=O) groups is 2. The van der Waals surface area contributed by atoms with Gasteiger partial charge >= 0.3 is 5.97 Å². The maximum absolute atomic E-state index is 11.3. The maximum Gasteiger partial charge on any atom is 0.378 e. The summed E-state index contributed by atoms with van der Waals surface area (Å²) in [5.41, 5.74) is 1.42. The molecule has 0 saturated carbocycles. The van der Waals surface area contributed by atoms with Gasteiger partial charge in [0.1, 0.15) is 0 Å². The van der Waals surface area contributed by atoms with Crippen molar-refractivity contribution in [3.63, 3.8) is 0 Å². The van der Waals surface area contributed by atoms with Gasteiger partial charge in [0, 0.05) is 6.08 Å². The Kier molecular flexibility index (Phi) is 4.21. The molecule has 0 bridgehead atoms. The highest BCUT2D eigenvalue weighted by atomic mass is 16.5. The molecule has 16 heavy (non-hydrogen) atoms. The molecule has 3 nitrogen and oxygen atoms in total. The minimum atomic E-state index is -0.879. The van der Waals surface area contributed by atoms with E-state index in [0.717, 1.165) is 5.56 Å². The van der Waals surface area contributed by atoms with Gasteiger partial charge in [-0.05, 0) is 11.1 Å². The minimum absolute atomic E-state index is 0.594. The summed E-state index contributed by atoms with van der Waals surface area (Å²) in [7, 11) is 1.17. The SMILES string of the molecule is C=C/C(=C\C(=O)C(=O)OC)c1ccccc1. The first kappa shape index (κ1) is 11.9. The zero-order chi connectivity index (χ0) is 12.0. The summed E-state index contributed by atoms with van der Waals surface area (Å²) < 4.78 is 4.33. The van der Waals surface area contributed by atoms with Crippen LogP contribution in [-0.2, 0) is 14.3 Å². The van der Waals surface area contributed by atoms with Gasteiger partial charge in [-0.1, -0.05) is 43.0 Å². The number of benzene rings is 1. The van der Waals surface area contributed by atoms with Gasteiger partial charge in [-0.3, -0.25) is 4.79 Å². The summed E-state index contributed by atoms with van der Waals surface area (Å²) in [6.07, 6.45) is 2.74. The molecule has 0 aliphatic carbocycles. The number of esters is 1. The summed E-state index contributed by atoms with van der Waals surface area (Å²) in [6.45, 7) is 3.60. The zero-order valence-corrected chi connectivity index (χ0v) is 8.97. The van der Waals surface area contributed by atoms with Gasteiger partial charge in [0.25, 0.3) is 5.78 Å². The van der Waals surface area contributed by atoms with Crippen molar-refractivity contribution in [2.45, 2.75) is 0 Å². The number of carbonyl (C=O) groups excluding carboxylic acids is 2. The predicted octanol–water partition coefficient (Wildman–Crippen LogP) is 2.00. The van der Waals surface area contributed by atoms with Crippen LogP contribution in [0.2, 0.25) is 0 Å². The van der Waals surface area contributed by atoms with Crippen molar-refractivity contribution in [1.82, 2.24) is 0 Å². The first-order chi connectivity index (χ1) is 7.69. The average molecular weight is 216 g/mol. The van der Waals surface area contributed by atoms with Crippen LogP contribution in [0.15, 0.2) is 49.1 Å². The summed E-state index contributed by atoms with van der Waals surface area (Å²) in [6, 6.07) is 9.22. The highest BCUT2D eigenvalue weighted by Gasteiger charge is 2.11. The highest BCUT2D eigenvalue weighted by Crippen LogP contribution is 2.14. The van der Waals surface area contributed by atoms with Crippen LogP contribution in [-0.4, -0.2) is 18.9 Å². The van der Waals surface area contributed by atoms with Crippen molar-refractivity contribution in [2.24, 2.45) is 0 Å². The van der Waals surface area contributed by atoms with E-state index in [-0.39, 0.29) is 0 Å². The van der Waals surface area contributed by atoms with Gasteiger partial charge in [-0.25, -0.2) is 4.79 Å².